The van der Waals surface area contributed by atoms with Crippen LogP contribution in [-0.4, -0.2) is 42.0 Å². The third kappa shape index (κ3) is 3.82. The Hall–Kier alpha value is -2.08. The van der Waals surface area contributed by atoms with E-state index in [0.29, 0.717) is 12.8 Å². The first-order valence-electron chi connectivity index (χ1n) is 7.92. The first kappa shape index (κ1) is 15.8. The van der Waals surface area contributed by atoms with Crippen LogP contribution in [0, 0.1) is 6.92 Å². The smallest absolute Gasteiger partial charge is 0.223 e. The van der Waals surface area contributed by atoms with E-state index in [1.165, 1.54) is 0 Å². The van der Waals surface area contributed by atoms with Gasteiger partial charge in [-0.1, -0.05) is 18.2 Å². The second-order valence-corrected chi connectivity index (χ2v) is 6.67. The average molecular weight is 330 g/mol. The molecule has 2 heterocycles. The molecule has 0 aliphatic carbocycles. The Kier molecular flexibility index (Phi) is 4.81. The molecular weight excluding hydrogens is 308 g/mol. The molecule has 1 saturated heterocycles. The fourth-order valence-corrected chi connectivity index (χ4v) is 3.65. The van der Waals surface area contributed by atoms with Gasteiger partial charge in [-0.3, -0.25) is 4.79 Å². The molecule has 0 radical (unpaired) electrons. The number of carbonyl (C=O) groups is 1. The number of piperazine rings is 1. The maximum absolute atomic E-state index is 12.4. The topological polar surface area (TPSA) is 62.5 Å². The lowest BCUT2D eigenvalue weighted by molar-refractivity contribution is -0.131. The van der Waals surface area contributed by atoms with E-state index in [1.54, 1.807) is 11.3 Å². The van der Waals surface area contributed by atoms with Crippen molar-refractivity contribution < 1.29 is 4.79 Å². The van der Waals surface area contributed by atoms with Gasteiger partial charge >= 0.3 is 0 Å². The Bertz CT molecular complexity index is 677. The van der Waals surface area contributed by atoms with Crippen molar-refractivity contribution in [1.82, 2.24) is 9.88 Å². The van der Waals surface area contributed by atoms with Crippen LogP contribution >= 0.6 is 11.3 Å². The van der Waals surface area contributed by atoms with Crippen molar-refractivity contribution in [3.8, 4) is 0 Å². The minimum absolute atomic E-state index is 0.211. The van der Waals surface area contributed by atoms with Crippen LogP contribution in [0.25, 0.3) is 0 Å². The van der Waals surface area contributed by atoms with Crippen LogP contribution in [0.4, 0.5) is 10.8 Å². The number of nitrogen functional groups attached to an aromatic ring is 1. The van der Waals surface area contributed by atoms with Crippen LogP contribution < -0.4 is 10.6 Å². The van der Waals surface area contributed by atoms with E-state index in [0.717, 1.165) is 48.3 Å². The molecule has 1 aliphatic heterocycles. The lowest BCUT2D eigenvalue weighted by Gasteiger charge is -2.34. The highest BCUT2D eigenvalue weighted by Gasteiger charge is 2.22. The number of nitrogens with two attached hydrogens (primary N) is 1. The highest BCUT2D eigenvalue weighted by molar-refractivity contribution is 7.13. The van der Waals surface area contributed by atoms with Crippen molar-refractivity contribution in [2.75, 3.05) is 36.8 Å². The van der Waals surface area contributed by atoms with Gasteiger partial charge in [0.2, 0.25) is 5.91 Å². The first-order chi connectivity index (χ1) is 11.1. The lowest BCUT2D eigenvalue weighted by atomic mass is 10.1. The predicted octanol–water partition coefficient (Wildman–Crippen LogP) is 2.32. The molecule has 122 valence electrons. The van der Waals surface area contributed by atoms with Gasteiger partial charge in [-0.2, -0.15) is 0 Å². The van der Waals surface area contributed by atoms with Gasteiger partial charge in [-0.15, -0.1) is 11.3 Å². The number of hydrogen-bond donors (Lipinski definition) is 1. The number of aryl methyl sites for hydroxylation is 2. The van der Waals surface area contributed by atoms with Crippen LogP contribution in [0.15, 0.2) is 29.6 Å². The van der Waals surface area contributed by atoms with E-state index in [9.17, 15) is 4.79 Å². The normalized spacial score (nSPS) is 15.0. The molecule has 0 bridgehead atoms. The molecule has 0 atom stereocenters. The summed E-state index contributed by atoms with van der Waals surface area (Å²) >= 11 is 1.67. The Morgan fingerprint density at radius 3 is 2.65 bits per heavy atom. The van der Waals surface area contributed by atoms with Gasteiger partial charge < -0.3 is 15.5 Å². The van der Waals surface area contributed by atoms with Gasteiger partial charge in [-0.05, 0) is 25.0 Å². The molecule has 1 aromatic heterocycles. The summed E-state index contributed by atoms with van der Waals surface area (Å²) in [5, 5.41) is 3.13. The van der Waals surface area contributed by atoms with Gasteiger partial charge in [0.25, 0.3) is 0 Å². The van der Waals surface area contributed by atoms with Gasteiger partial charge in [0.1, 0.15) is 0 Å². The number of para-hydroxylation sites is 1. The molecule has 0 unspecified atom stereocenters. The van der Waals surface area contributed by atoms with E-state index in [4.69, 9.17) is 5.73 Å². The molecule has 0 saturated carbocycles. The Labute approximate surface area is 140 Å². The van der Waals surface area contributed by atoms with E-state index in [1.807, 2.05) is 36.1 Å². The number of hydrogen-bond acceptors (Lipinski definition) is 5. The number of amides is 1. The second-order valence-electron chi connectivity index (χ2n) is 5.84. The maximum atomic E-state index is 12.4. The minimum Gasteiger partial charge on any atom is -0.399 e. The van der Waals surface area contributed by atoms with Crippen LogP contribution in [0.5, 0.6) is 0 Å². The average Bonchev–Trinajstić information content (AvgIpc) is 3.00. The summed E-state index contributed by atoms with van der Waals surface area (Å²) in [4.78, 5) is 21.1. The van der Waals surface area contributed by atoms with E-state index in [2.05, 4.69) is 15.3 Å². The lowest BCUT2D eigenvalue weighted by Crippen LogP contribution is -2.48. The highest BCUT2D eigenvalue weighted by atomic mass is 32.1. The van der Waals surface area contributed by atoms with Crippen LogP contribution in [0.3, 0.4) is 0 Å². The molecule has 5 nitrogen and oxygen atoms in total. The molecule has 1 fully saturated rings. The zero-order valence-corrected chi connectivity index (χ0v) is 14.2. The quantitative estimate of drug-likeness (QED) is 0.874. The molecule has 1 aliphatic rings. The molecule has 2 N–H and O–H groups in total. The summed E-state index contributed by atoms with van der Waals surface area (Å²) in [5.74, 6) is 0.211. The number of aromatic nitrogens is 1. The van der Waals surface area contributed by atoms with E-state index >= 15 is 0 Å². The standard InChI is InChI=1S/C17H22N4OS/c1-13-12-23-17(19-13)21-10-8-20(9-11-21)16(22)7-6-14-4-2-3-5-15(14)18/h2-5,12H,6-11,18H2,1H3. The third-order valence-corrected chi connectivity index (χ3v) is 5.19. The Balaban J connectivity index is 1.49. The number of nitrogens with zero attached hydrogens (tertiary/aromatic N) is 3. The van der Waals surface area contributed by atoms with Gasteiger partial charge in [-0.25, -0.2) is 4.98 Å². The van der Waals surface area contributed by atoms with Crippen molar-refractivity contribution in [1.29, 1.82) is 0 Å². The van der Waals surface area contributed by atoms with Gasteiger partial charge in [0.05, 0.1) is 5.69 Å². The molecule has 0 spiro atoms. The van der Waals surface area contributed by atoms with Crippen molar-refractivity contribution in [2.45, 2.75) is 19.8 Å². The summed E-state index contributed by atoms with van der Waals surface area (Å²) in [6, 6.07) is 7.76. The van der Waals surface area contributed by atoms with Crippen molar-refractivity contribution in [2.24, 2.45) is 0 Å². The fourth-order valence-electron chi connectivity index (χ4n) is 2.80. The number of thiazole rings is 1. The predicted molar refractivity (Wildman–Crippen MR) is 94.8 cm³/mol. The molecule has 23 heavy (non-hydrogen) atoms. The molecule has 3 rings (SSSR count). The summed E-state index contributed by atoms with van der Waals surface area (Å²) in [7, 11) is 0. The number of carbonyl (C=O) groups excluding carboxylic acids is 1. The largest absolute Gasteiger partial charge is 0.399 e. The second kappa shape index (κ2) is 7.00. The molecule has 2 aromatic rings. The van der Waals surface area contributed by atoms with Gasteiger partial charge in [0, 0.05) is 43.7 Å². The number of benzene rings is 1. The van der Waals surface area contributed by atoms with E-state index in [-0.39, 0.29) is 5.91 Å². The number of rotatable bonds is 4. The van der Waals surface area contributed by atoms with Gasteiger partial charge in [0.15, 0.2) is 5.13 Å². The maximum Gasteiger partial charge on any atom is 0.223 e. The zero-order chi connectivity index (χ0) is 16.2. The number of anilines is 2. The van der Waals surface area contributed by atoms with Crippen LogP contribution in [-0.2, 0) is 11.2 Å². The summed E-state index contributed by atoms with van der Waals surface area (Å²) < 4.78 is 0. The summed E-state index contributed by atoms with van der Waals surface area (Å²) in [5.41, 5.74) is 8.81. The van der Waals surface area contributed by atoms with E-state index < -0.39 is 0 Å². The summed E-state index contributed by atoms with van der Waals surface area (Å²) in [6.07, 6.45) is 1.22. The van der Waals surface area contributed by atoms with Crippen molar-refractivity contribution in [3.63, 3.8) is 0 Å². The van der Waals surface area contributed by atoms with Crippen molar-refractivity contribution >= 4 is 28.1 Å². The third-order valence-electron chi connectivity index (χ3n) is 4.17. The highest BCUT2D eigenvalue weighted by Crippen LogP contribution is 2.21. The first-order valence-corrected chi connectivity index (χ1v) is 8.79. The fraction of sp³-hybridized carbons (Fsp3) is 0.412. The molecular formula is C17H22N4OS. The molecule has 1 aromatic carbocycles. The molecule has 1 amide bonds. The summed E-state index contributed by atoms with van der Waals surface area (Å²) in [6.45, 7) is 5.25. The zero-order valence-electron chi connectivity index (χ0n) is 13.4. The van der Waals surface area contributed by atoms with Crippen molar-refractivity contribution in [3.05, 3.63) is 40.9 Å². The Morgan fingerprint density at radius 1 is 1.26 bits per heavy atom. The minimum atomic E-state index is 0.211. The van der Waals surface area contributed by atoms with Crippen LogP contribution in [0.2, 0.25) is 0 Å². The molecule has 6 heteroatoms. The SMILES string of the molecule is Cc1csc(N2CCN(C(=O)CCc3ccccc3N)CC2)n1. The van der Waals surface area contributed by atoms with Crippen LogP contribution in [0.1, 0.15) is 17.7 Å². The monoisotopic (exact) mass is 330 g/mol. The Morgan fingerprint density at radius 2 is 2.00 bits per heavy atom.